The van der Waals surface area contributed by atoms with E-state index in [1.807, 2.05) is 11.8 Å². The van der Waals surface area contributed by atoms with Crippen molar-refractivity contribution in [3.63, 3.8) is 0 Å². The van der Waals surface area contributed by atoms with Crippen LogP contribution in [0.5, 0.6) is 0 Å². The lowest BCUT2D eigenvalue weighted by atomic mass is 10.1. The van der Waals surface area contributed by atoms with Gasteiger partial charge in [0.1, 0.15) is 11.0 Å². The molecule has 94 valence electrons. The van der Waals surface area contributed by atoms with Crippen LogP contribution < -0.4 is 0 Å². The summed E-state index contributed by atoms with van der Waals surface area (Å²) < 4.78 is 1.00. The van der Waals surface area contributed by atoms with E-state index in [0.29, 0.717) is 16.3 Å². The molecule has 0 aromatic carbocycles. The Hall–Kier alpha value is 0.450. The second kappa shape index (κ2) is 6.06. The Bertz CT molecular complexity index is 406. The zero-order valence-electron chi connectivity index (χ0n) is 10.0. The van der Waals surface area contributed by atoms with Crippen molar-refractivity contribution >= 4 is 46.0 Å². The summed E-state index contributed by atoms with van der Waals surface area (Å²) >= 11 is 10.4. The zero-order valence-corrected chi connectivity index (χ0v) is 13.8. The van der Waals surface area contributed by atoms with Gasteiger partial charge in [0.25, 0.3) is 0 Å². The first-order valence-electron chi connectivity index (χ1n) is 5.94. The molecule has 0 N–H and O–H groups in total. The van der Waals surface area contributed by atoms with Crippen LogP contribution in [0.15, 0.2) is 0 Å². The van der Waals surface area contributed by atoms with E-state index in [1.54, 1.807) is 0 Å². The van der Waals surface area contributed by atoms with Crippen molar-refractivity contribution in [1.82, 2.24) is 9.97 Å². The van der Waals surface area contributed by atoms with Crippen LogP contribution in [0.3, 0.4) is 0 Å². The normalized spacial score (nSPS) is 20.9. The van der Waals surface area contributed by atoms with Gasteiger partial charge in [0.15, 0.2) is 0 Å². The number of hydrogen-bond acceptors (Lipinski definition) is 3. The van der Waals surface area contributed by atoms with Gasteiger partial charge in [0.2, 0.25) is 0 Å². The van der Waals surface area contributed by atoms with Gasteiger partial charge in [0.05, 0.1) is 14.5 Å². The lowest BCUT2D eigenvalue weighted by molar-refractivity contribution is 0.652. The Morgan fingerprint density at radius 3 is 2.71 bits per heavy atom. The van der Waals surface area contributed by atoms with Crippen molar-refractivity contribution in [2.45, 2.75) is 44.3 Å². The molecule has 1 saturated heterocycles. The number of nitrogens with zero attached hydrogens (tertiary/aromatic N) is 2. The zero-order chi connectivity index (χ0) is 12.4. The van der Waals surface area contributed by atoms with Crippen molar-refractivity contribution in [2.75, 3.05) is 5.75 Å². The average Bonchev–Trinajstić information content (AvgIpc) is 2.33. The maximum absolute atomic E-state index is 6.21. The summed E-state index contributed by atoms with van der Waals surface area (Å²) in [4.78, 5) is 9.20. The summed E-state index contributed by atoms with van der Waals surface area (Å²) in [6, 6.07) is 0. The standard InChI is InChI=1S/C12H16ClIN2S/c1-7(2)10-9(14)11(13)16-12(15-10)8-5-3-4-6-17-8/h7-8H,3-6H2,1-2H3. The minimum Gasteiger partial charge on any atom is -0.235 e. The molecule has 1 unspecified atom stereocenters. The van der Waals surface area contributed by atoms with Gasteiger partial charge in [-0.25, -0.2) is 9.97 Å². The number of aromatic nitrogens is 2. The van der Waals surface area contributed by atoms with Crippen LogP contribution in [0.2, 0.25) is 5.15 Å². The smallest absolute Gasteiger partial charge is 0.146 e. The molecular formula is C12H16ClIN2S. The summed E-state index contributed by atoms with van der Waals surface area (Å²) in [7, 11) is 0. The topological polar surface area (TPSA) is 25.8 Å². The van der Waals surface area contributed by atoms with E-state index in [-0.39, 0.29) is 0 Å². The molecule has 0 aliphatic carbocycles. The number of rotatable bonds is 2. The Balaban J connectivity index is 2.34. The number of halogens is 2. The molecule has 1 atom stereocenters. The van der Waals surface area contributed by atoms with Gasteiger partial charge in [-0.15, -0.1) is 0 Å². The number of thioether (sulfide) groups is 1. The monoisotopic (exact) mass is 382 g/mol. The molecule has 1 aromatic rings. The average molecular weight is 383 g/mol. The molecule has 2 rings (SSSR count). The van der Waals surface area contributed by atoms with E-state index < -0.39 is 0 Å². The third-order valence-corrected chi connectivity index (χ3v) is 5.90. The quantitative estimate of drug-likeness (QED) is 0.542. The van der Waals surface area contributed by atoms with E-state index in [0.717, 1.165) is 15.1 Å². The first-order valence-corrected chi connectivity index (χ1v) is 8.44. The van der Waals surface area contributed by atoms with Crippen molar-refractivity contribution in [3.05, 3.63) is 20.2 Å². The molecule has 1 aliphatic heterocycles. The van der Waals surface area contributed by atoms with Gasteiger partial charge in [-0.2, -0.15) is 11.8 Å². The Labute approximate surface area is 125 Å². The van der Waals surface area contributed by atoms with Crippen molar-refractivity contribution in [2.24, 2.45) is 0 Å². The third-order valence-electron chi connectivity index (χ3n) is 2.87. The summed E-state index contributed by atoms with van der Waals surface area (Å²) in [5.74, 6) is 2.55. The second-order valence-corrected chi connectivity index (χ2v) is 7.33. The molecule has 0 radical (unpaired) electrons. The molecule has 1 aromatic heterocycles. The Kier molecular flexibility index (Phi) is 4.95. The van der Waals surface area contributed by atoms with Gasteiger partial charge in [-0.3, -0.25) is 0 Å². The maximum Gasteiger partial charge on any atom is 0.146 e. The van der Waals surface area contributed by atoms with Gasteiger partial charge < -0.3 is 0 Å². The Morgan fingerprint density at radius 2 is 2.12 bits per heavy atom. The molecule has 0 saturated carbocycles. The van der Waals surface area contributed by atoms with Crippen LogP contribution in [-0.2, 0) is 0 Å². The lowest BCUT2D eigenvalue weighted by Gasteiger charge is -2.21. The van der Waals surface area contributed by atoms with E-state index in [9.17, 15) is 0 Å². The van der Waals surface area contributed by atoms with Crippen LogP contribution in [-0.4, -0.2) is 15.7 Å². The summed E-state index contributed by atoms with van der Waals surface area (Å²) in [5, 5.41) is 1.06. The molecule has 2 nitrogen and oxygen atoms in total. The van der Waals surface area contributed by atoms with Crippen LogP contribution in [0.1, 0.15) is 55.8 Å². The van der Waals surface area contributed by atoms with Crippen LogP contribution in [0.4, 0.5) is 0 Å². The first-order chi connectivity index (χ1) is 8.09. The van der Waals surface area contributed by atoms with Gasteiger partial charge in [-0.1, -0.05) is 31.9 Å². The maximum atomic E-state index is 6.21. The van der Waals surface area contributed by atoms with Crippen molar-refractivity contribution in [3.8, 4) is 0 Å². The summed E-state index contributed by atoms with van der Waals surface area (Å²) in [6.45, 7) is 4.30. The fourth-order valence-corrected chi connectivity index (χ4v) is 4.21. The highest BCUT2D eigenvalue weighted by molar-refractivity contribution is 14.1. The highest BCUT2D eigenvalue weighted by Gasteiger charge is 2.22. The molecule has 1 fully saturated rings. The van der Waals surface area contributed by atoms with E-state index >= 15 is 0 Å². The lowest BCUT2D eigenvalue weighted by Crippen LogP contribution is -2.10. The summed E-state index contributed by atoms with van der Waals surface area (Å²) in [5.41, 5.74) is 1.09. The van der Waals surface area contributed by atoms with E-state index in [2.05, 4.69) is 41.4 Å². The molecule has 5 heteroatoms. The van der Waals surface area contributed by atoms with Crippen LogP contribution >= 0.6 is 46.0 Å². The fraction of sp³-hybridized carbons (Fsp3) is 0.667. The minimum absolute atomic E-state index is 0.398. The molecular weight excluding hydrogens is 367 g/mol. The predicted octanol–water partition coefficient (Wildman–Crippen LogP) is 4.82. The van der Waals surface area contributed by atoms with Gasteiger partial charge >= 0.3 is 0 Å². The number of hydrogen-bond donors (Lipinski definition) is 0. The van der Waals surface area contributed by atoms with Gasteiger partial charge in [-0.05, 0) is 47.1 Å². The van der Waals surface area contributed by atoms with Crippen molar-refractivity contribution in [1.29, 1.82) is 0 Å². The first kappa shape index (κ1) is 13.9. The van der Waals surface area contributed by atoms with E-state index in [4.69, 9.17) is 16.6 Å². The molecule has 1 aliphatic rings. The van der Waals surface area contributed by atoms with Crippen molar-refractivity contribution < 1.29 is 0 Å². The van der Waals surface area contributed by atoms with Gasteiger partial charge in [0, 0.05) is 0 Å². The fourth-order valence-electron chi connectivity index (χ4n) is 1.92. The Morgan fingerprint density at radius 1 is 1.35 bits per heavy atom. The minimum atomic E-state index is 0.398. The van der Waals surface area contributed by atoms with Crippen LogP contribution in [0.25, 0.3) is 0 Å². The SMILES string of the molecule is CC(C)c1nc(C2CCCCS2)nc(Cl)c1I. The molecule has 0 bridgehead atoms. The molecule has 0 amide bonds. The molecule has 2 heterocycles. The summed E-state index contributed by atoms with van der Waals surface area (Å²) in [6.07, 6.45) is 3.77. The highest BCUT2D eigenvalue weighted by atomic mass is 127. The van der Waals surface area contributed by atoms with E-state index in [1.165, 1.54) is 25.0 Å². The second-order valence-electron chi connectivity index (χ2n) is 4.58. The predicted molar refractivity (Wildman–Crippen MR) is 82.9 cm³/mol. The van der Waals surface area contributed by atoms with Crippen LogP contribution in [0, 0.1) is 3.57 Å². The third kappa shape index (κ3) is 3.26. The largest absolute Gasteiger partial charge is 0.235 e. The molecule has 17 heavy (non-hydrogen) atoms. The molecule has 0 spiro atoms. The highest BCUT2D eigenvalue weighted by Crippen LogP contribution is 2.38.